The largest absolute Gasteiger partial charge is 0.507 e. The first-order valence-corrected chi connectivity index (χ1v) is 13.8. The molecule has 2 aromatic carbocycles. The molecule has 11 heteroatoms. The number of aromatic hydroxyl groups is 1. The van der Waals surface area contributed by atoms with Crippen LogP contribution >= 0.6 is 23.4 Å². The summed E-state index contributed by atoms with van der Waals surface area (Å²) in [5, 5.41) is 31.0. The summed E-state index contributed by atoms with van der Waals surface area (Å²) >= 11 is 7.17. The number of aromatic amines is 1. The van der Waals surface area contributed by atoms with Gasteiger partial charge in [-0.25, -0.2) is 0 Å². The molecule has 0 bridgehead atoms. The van der Waals surface area contributed by atoms with Gasteiger partial charge in [0.2, 0.25) is 0 Å². The van der Waals surface area contributed by atoms with Crippen LogP contribution in [-0.2, 0) is 6.18 Å². The maximum absolute atomic E-state index is 13.5. The highest BCUT2D eigenvalue weighted by Gasteiger charge is 2.31. The Balaban J connectivity index is 1.59. The number of fused-ring (bicyclic) bond motifs is 1. The number of aliphatic hydroxyl groups is 2. The summed E-state index contributed by atoms with van der Waals surface area (Å²) in [6, 6.07) is 7.20. The lowest BCUT2D eigenvalue weighted by molar-refractivity contribution is -0.137. The number of rotatable bonds is 9. The van der Waals surface area contributed by atoms with Crippen molar-refractivity contribution >= 4 is 34.3 Å². The number of thioether (sulfide) groups is 1. The summed E-state index contributed by atoms with van der Waals surface area (Å²) in [7, 11) is 0. The monoisotopic (exact) mass is 570 g/mol. The van der Waals surface area contributed by atoms with Gasteiger partial charge in [-0.05, 0) is 81.1 Å². The number of phenolic OH excluding ortho intramolecular Hbond substituents is 1. The van der Waals surface area contributed by atoms with Crippen molar-refractivity contribution in [1.82, 2.24) is 9.88 Å². The number of piperidine rings is 1. The number of halogens is 4. The molecule has 2 unspecified atom stereocenters. The Hall–Kier alpha value is -2.24. The summed E-state index contributed by atoms with van der Waals surface area (Å²) < 4.78 is 40.6. The van der Waals surface area contributed by atoms with Gasteiger partial charge in [0.25, 0.3) is 5.56 Å². The predicted molar refractivity (Wildman–Crippen MR) is 144 cm³/mol. The first-order valence-electron chi connectivity index (χ1n) is 12.5. The highest BCUT2D eigenvalue weighted by atomic mass is 35.5. The fourth-order valence-electron chi connectivity index (χ4n) is 4.88. The lowest BCUT2D eigenvalue weighted by Gasteiger charge is -2.31. The number of aliphatic hydroxyl groups excluding tert-OH is 2. The minimum absolute atomic E-state index is 0.0928. The molecule has 2 heterocycles. The highest BCUT2D eigenvalue weighted by molar-refractivity contribution is 7.99. The summed E-state index contributed by atoms with van der Waals surface area (Å²) in [6.07, 6.45) is -2.10. The van der Waals surface area contributed by atoms with E-state index in [-0.39, 0.29) is 56.0 Å². The smallest absolute Gasteiger partial charge is 0.416 e. The number of H-pyrrole nitrogens is 1. The molecule has 0 spiro atoms. The van der Waals surface area contributed by atoms with E-state index in [1.54, 1.807) is 0 Å². The molecule has 1 saturated heterocycles. The zero-order chi connectivity index (χ0) is 27.4. The topological polar surface area (TPSA) is 96.8 Å². The number of likely N-dealkylation sites (tertiary alicyclic amines) is 1. The average Bonchev–Trinajstić information content (AvgIpc) is 2.88. The Morgan fingerprint density at radius 2 is 2.00 bits per heavy atom. The molecule has 6 nitrogen and oxygen atoms in total. The third-order valence-electron chi connectivity index (χ3n) is 6.82. The first kappa shape index (κ1) is 28.8. The highest BCUT2D eigenvalue weighted by Crippen LogP contribution is 2.42. The zero-order valence-electron chi connectivity index (χ0n) is 20.6. The third kappa shape index (κ3) is 6.84. The minimum Gasteiger partial charge on any atom is -0.507 e. The second kappa shape index (κ2) is 12.3. The number of pyridine rings is 1. The molecule has 206 valence electrons. The second-order valence-electron chi connectivity index (χ2n) is 9.68. The van der Waals surface area contributed by atoms with Gasteiger partial charge in [-0.15, -0.1) is 11.8 Å². The number of nitrogens with one attached hydrogen (secondary N) is 1. The quantitative estimate of drug-likeness (QED) is 0.253. The molecule has 0 amide bonds. The number of aromatic nitrogens is 1. The third-order valence-corrected chi connectivity index (χ3v) is 8.28. The van der Waals surface area contributed by atoms with Crippen LogP contribution in [0.3, 0.4) is 0 Å². The molecular weight excluding hydrogens is 541 g/mol. The number of hydrogen-bond acceptors (Lipinski definition) is 6. The fourth-order valence-corrected chi connectivity index (χ4v) is 6.13. The minimum atomic E-state index is -4.60. The Morgan fingerprint density at radius 1 is 1.21 bits per heavy atom. The maximum Gasteiger partial charge on any atom is 0.416 e. The fraction of sp³-hybridized carbons (Fsp3) is 0.444. The summed E-state index contributed by atoms with van der Waals surface area (Å²) in [5.41, 5.74) is -0.974. The van der Waals surface area contributed by atoms with E-state index in [0.29, 0.717) is 6.42 Å². The van der Waals surface area contributed by atoms with E-state index in [1.807, 2.05) is 0 Å². The van der Waals surface area contributed by atoms with Crippen molar-refractivity contribution in [2.75, 3.05) is 32.0 Å². The Kier molecular flexibility index (Phi) is 9.31. The van der Waals surface area contributed by atoms with Crippen LogP contribution in [0, 0.1) is 5.92 Å². The van der Waals surface area contributed by atoms with Gasteiger partial charge < -0.3 is 25.2 Å². The van der Waals surface area contributed by atoms with Gasteiger partial charge in [-0.3, -0.25) is 4.79 Å². The van der Waals surface area contributed by atoms with E-state index in [2.05, 4.69) is 9.88 Å². The predicted octanol–water partition coefficient (Wildman–Crippen LogP) is 5.51. The number of alkyl halides is 3. The van der Waals surface area contributed by atoms with Crippen LogP contribution in [0.4, 0.5) is 13.2 Å². The number of hydrogen-bond donors (Lipinski definition) is 4. The molecule has 0 saturated carbocycles. The van der Waals surface area contributed by atoms with Gasteiger partial charge in [0.15, 0.2) is 0 Å². The SMILES string of the molecule is O=c1[nH]c2ccc(C(F)(F)F)cc2c(-c2cc(Cl)ccc2O)c1SCC(O)CCCN1CCCC(CO)C1. The Bertz CT molecular complexity index is 1330. The van der Waals surface area contributed by atoms with Crippen LogP contribution < -0.4 is 5.56 Å². The van der Waals surface area contributed by atoms with Crippen LogP contribution in [0.25, 0.3) is 22.0 Å². The molecule has 4 rings (SSSR count). The van der Waals surface area contributed by atoms with Crippen LogP contribution in [-0.4, -0.2) is 63.3 Å². The van der Waals surface area contributed by atoms with Crippen LogP contribution in [0.2, 0.25) is 5.02 Å². The van der Waals surface area contributed by atoms with Gasteiger partial charge in [0, 0.05) is 46.0 Å². The van der Waals surface area contributed by atoms with Crippen molar-refractivity contribution in [1.29, 1.82) is 0 Å². The number of benzene rings is 2. The summed E-state index contributed by atoms with van der Waals surface area (Å²) in [6.45, 7) is 2.75. The molecular formula is C27H30ClF3N2O4S. The van der Waals surface area contributed by atoms with Gasteiger partial charge >= 0.3 is 6.18 Å². The summed E-state index contributed by atoms with van der Waals surface area (Å²) in [4.78, 5) is 18.1. The van der Waals surface area contributed by atoms with Crippen LogP contribution in [0.15, 0.2) is 46.1 Å². The molecule has 1 fully saturated rings. The van der Waals surface area contributed by atoms with Gasteiger partial charge in [-0.2, -0.15) is 13.2 Å². The van der Waals surface area contributed by atoms with E-state index in [1.165, 1.54) is 24.3 Å². The lowest BCUT2D eigenvalue weighted by Crippen LogP contribution is -2.37. The van der Waals surface area contributed by atoms with E-state index in [4.69, 9.17) is 11.6 Å². The van der Waals surface area contributed by atoms with Crippen molar-refractivity contribution in [2.24, 2.45) is 5.92 Å². The number of phenols is 1. The molecule has 38 heavy (non-hydrogen) atoms. The van der Waals surface area contributed by atoms with Gasteiger partial charge in [-0.1, -0.05) is 11.6 Å². The molecule has 1 aromatic heterocycles. The van der Waals surface area contributed by atoms with Crippen molar-refractivity contribution < 1.29 is 28.5 Å². The normalized spacial score (nSPS) is 17.7. The Labute approximate surface area is 227 Å². The van der Waals surface area contributed by atoms with Crippen LogP contribution in [0.1, 0.15) is 31.2 Å². The van der Waals surface area contributed by atoms with Gasteiger partial charge in [0.1, 0.15) is 5.75 Å². The molecule has 1 aliphatic heterocycles. The summed E-state index contributed by atoms with van der Waals surface area (Å²) in [5.74, 6) is 0.188. The number of nitrogens with zero attached hydrogens (tertiary/aromatic N) is 1. The van der Waals surface area contributed by atoms with Crippen molar-refractivity contribution in [3.05, 3.63) is 57.3 Å². The first-order chi connectivity index (χ1) is 18.1. The van der Waals surface area contributed by atoms with Crippen LogP contribution in [0.5, 0.6) is 5.75 Å². The molecule has 2 atom stereocenters. The lowest BCUT2D eigenvalue weighted by atomic mass is 9.98. The molecule has 0 radical (unpaired) electrons. The van der Waals surface area contributed by atoms with E-state index in [9.17, 15) is 33.3 Å². The van der Waals surface area contributed by atoms with E-state index in [0.717, 1.165) is 62.8 Å². The molecule has 0 aliphatic carbocycles. The van der Waals surface area contributed by atoms with E-state index >= 15 is 0 Å². The molecule has 4 N–H and O–H groups in total. The standard InChI is InChI=1S/C27H30ClF3N2O4S/c28-18-6-8-23(36)21(12-18)24-20-11-17(27(29,30)31)5-7-22(20)32-26(37)25(24)38-15-19(35)4-2-10-33-9-1-3-16(13-33)14-34/h5-8,11-12,16,19,34-36H,1-4,9-10,13-15H2,(H,32,37). The van der Waals surface area contributed by atoms with E-state index < -0.39 is 23.4 Å². The van der Waals surface area contributed by atoms with Crippen molar-refractivity contribution in [2.45, 2.75) is 42.9 Å². The Morgan fingerprint density at radius 3 is 2.74 bits per heavy atom. The molecule has 3 aromatic rings. The van der Waals surface area contributed by atoms with Crippen molar-refractivity contribution in [3.63, 3.8) is 0 Å². The zero-order valence-corrected chi connectivity index (χ0v) is 22.2. The average molecular weight is 571 g/mol. The maximum atomic E-state index is 13.5. The van der Waals surface area contributed by atoms with Crippen molar-refractivity contribution in [3.8, 4) is 16.9 Å². The molecule has 1 aliphatic rings. The second-order valence-corrected chi connectivity index (χ2v) is 11.1. The van der Waals surface area contributed by atoms with Gasteiger partial charge in [0.05, 0.1) is 16.6 Å².